The number of ether oxygens (including phenoxy) is 1. The van der Waals surface area contributed by atoms with Crippen molar-refractivity contribution in [3.63, 3.8) is 0 Å². The van der Waals surface area contributed by atoms with Gasteiger partial charge in [0.25, 0.3) is 10.1 Å². The largest absolute Gasteiger partial charge is 0.506 e. The molecule has 2 aromatic rings. The molecule has 0 atom stereocenters. The number of rotatable bonds is 12. The minimum atomic E-state index is -4.52. The van der Waals surface area contributed by atoms with Crippen molar-refractivity contribution in [3.8, 4) is 17.2 Å². The summed E-state index contributed by atoms with van der Waals surface area (Å²) >= 11 is 0. The third-order valence-electron chi connectivity index (χ3n) is 4.66. The lowest BCUT2D eigenvalue weighted by Gasteiger charge is -2.13. The van der Waals surface area contributed by atoms with Crippen LogP contribution in [0.15, 0.2) is 47.4 Å². The van der Waals surface area contributed by atoms with E-state index in [1.807, 2.05) is 18.2 Å². The zero-order valence-corrected chi connectivity index (χ0v) is 17.2. The van der Waals surface area contributed by atoms with Crippen LogP contribution in [0.25, 0.3) is 0 Å². The van der Waals surface area contributed by atoms with Gasteiger partial charge in [0.2, 0.25) is 0 Å². The molecule has 0 heterocycles. The molecule has 0 amide bonds. The van der Waals surface area contributed by atoms with E-state index in [0.717, 1.165) is 19.3 Å². The van der Waals surface area contributed by atoms with E-state index in [9.17, 15) is 18.1 Å². The Kier molecular flexibility index (Phi) is 8.80. The van der Waals surface area contributed by atoms with Gasteiger partial charge >= 0.3 is 0 Å². The van der Waals surface area contributed by atoms with Crippen LogP contribution in [0, 0.1) is 0 Å². The van der Waals surface area contributed by atoms with Gasteiger partial charge in [0.15, 0.2) is 0 Å². The van der Waals surface area contributed by atoms with Gasteiger partial charge in [0.1, 0.15) is 22.1 Å². The summed E-state index contributed by atoms with van der Waals surface area (Å²) in [7, 11) is -4.52. The molecule has 0 bridgehead atoms. The van der Waals surface area contributed by atoms with E-state index in [0.29, 0.717) is 23.5 Å². The summed E-state index contributed by atoms with van der Waals surface area (Å²) in [5.41, 5.74) is 0.374. The van der Waals surface area contributed by atoms with Gasteiger partial charge in [-0.1, -0.05) is 70.1 Å². The number of hydrogen-bond donors (Lipinski definition) is 2. The highest BCUT2D eigenvalue weighted by Gasteiger charge is 2.22. The molecule has 0 spiro atoms. The SMILES string of the molecule is CCCCCCCCCCc1cc(Oc2ccccc2)cc(O)c1S(=O)(=O)O. The van der Waals surface area contributed by atoms with Crippen LogP contribution in [0.2, 0.25) is 0 Å². The van der Waals surface area contributed by atoms with Gasteiger partial charge in [0, 0.05) is 6.07 Å². The number of benzene rings is 2. The van der Waals surface area contributed by atoms with Gasteiger partial charge in [-0.15, -0.1) is 0 Å². The first-order chi connectivity index (χ1) is 13.4. The molecule has 0 saturated heterocycles. The van der Waals surface area contributed by atoms with E-state index >= 15 is 0 Å². The molecular weight excluding hydrogens is 376 g/mol. The van der Waals surface area contributed by atoms with E-state index in [-0.39, 0.29) is 0 Å². The minimum absolute atomic E-state index is 0.339. The van der Waals surface area contributed by atoms with E-state index in [1.54, 1.807) is 18.2 Å². The van der Waals surface area contributed by atoms with Crippen molar-refractivity contribution in [2.45, 2.75) is 69.6 Å². The minimum Gasteiger partial charge on any atom is -0.506 e. The van der Waals surface area contributed by atoms with E-state index in [1.165, 1.54) is 38.2 Å². The lowest BCUT2D eigenvalue weighted by atomic mass is 10.0. The first-order valence-electron chi connectivity index (χ1n) is 9.98. The van der Waals surface area contributed by atoms with Crippen LogP contribution >= 0.6 is 0 Å². The van der Waals surface area contributed by atoms with Crippen molar-refractivity contribution in [2.75, 3.05) is 0 Å². The highest BCUT2D eigenvalue weighted by atomic mass is 32.2. The second-order valence-electron chi connectivity index (χ2n) is 7.05. The molecule has 6 heteroatoms. The predicted octanol–water partition coefficient (Wildman–Crippen LogP) is 6.11. The van der Waals surface area contributed by atoms with Crippen molar-refractivity contribution < 1.29 is 22.8 Å². The number of para-hydroxylation sites is 1. The number of unbranched alkanes of at least 4 members (excludes halogenated alkanes) is 7. The third kappa shape index (κ3) is 7.17. The molecule has 0 unspecified atom stereocenters. The van der Waals surface area contributed by atoms with Crippen LogP contribution in [-0.4, -0.2) is 18.1 Å². The standard InChI is InChI=1S/C22H30O5S/c1-2-3-4-5-6-7-8-10-13-18-16-20(27-19-14-11-9-12-15-19)17-21(23)22(18)28(24,25)26/h9,11-12,14-17,23H,2-8,10,13H2,1H3,(H,24,25,26). The highest BCUT2D eigenvalue weighted by Crippen LogP contribution is 2.34. The molecule has 0 aliphatic carbocycles. The van der Waals surface area contributed by atoms with Crippen LogP contribution in [0.4, 0.5) is 0 Å². The Bertz CT molecular complexity index is 832. The second-order valence-corrected chi connectivity index (χ2v) is 8.40. The lowest BCUT2D eigenvalue weighted by molar-refractivity contribution is 0.430. The Morgan fingerprint density at radius 1 is 0.857 bits per heavy atom. The number of phenolic OH excluding ortho intramolecular Hbond substituents is 1. The normalized spacial score (nSPS) is 11.5. The van der Waals surface area contributed by atoms with Crippen LogP contribution in [0.5, 0.6) is 17.2 Å². The molecule has 0 saturated carbocycles. The topological polar surface area (TPSA) is 83.8 Å². The summed E-state index contributed by atoms with van der Waals surface area (Å²) in [6.07, 6.45) is 9.45. The van der Waals surface area contributed by atoms with Crippen molar-refractivity contribution >= 4 is 10.1 Å². The first-order valence-corrected chi connectivity index (χ1v) is 11.4. The molecule has 2 aromatic carbocycles. The lowest BCUT2D eigenvalue weighted by Crippen LogP contribution is -2.04. The van der Waals surface area contributed by atoms with Gasteiger partial charge in [0.05, 0.1) is 0 Å². The molecule has 2 N–H and O–H groups in total. The van der Waals surface area contributed by atoms with E-state index in [4.69, 9.17) is 4.74 Å². The Balaban J connectivity index is 2.05. The van der Waals surface area contributed by atoms with Gasteiger partial charge < -0.3 is 9.84 Å². The maximum absolute atomic E-state index is 11.7. The van der Waals surface area contributed by atoms with E-state index < -0.39 is 20.8 Å². The summed E-state index contributed by atoms with van der Waals surface area (Å²) < 4.78 is 38.7. The Morgan fingerprint density at radius 3 is 2.07 bits per heavy atom. The molecule has 0 fully saturated rings. The smallest absolute Gasteiger partial charge is 0.298 e. The molecule has 0 aliphatic heterocycles. The average Bonchev–Trinajstić information content (AvgIpc) is 2.63. The number of hydrogen-bond acceptors (Lipinski definition) is 4. The van der Waals surface area contributed by atoms with E-state index in [2.05, 4.69) is 6.92 Å². The van der Waals surface area contributed by atoms with Gasteiger partial charge in [-0.2, -0.15) is 8.42 Å². The molecule has 0 aliphatic rings. The highest BCUT2D eigenvalue weighted by molar-refractivity contribution is 7.86. The second kappa shape index (κ2) is 11.1. The molecule has 28 heavy (non-hydrogen) atoms. The van der Waals surface area contributed by atoms with Crippen LogP contribution in [-0.2, 0) is 16.5 Å². The quantitative estimate of drug-likeness (QED) is 0.328. The summed E-state index contributed by atoms with van der Waals surface area (Å²) in [6.45, 7) is 2.19. The van der Waals surface area contributed by atoms with Gasteiger partial charge in [-0.3, -0.25) is 4.55 Å². The molecule has 154 valence electrons. The summed E-state index contributed by atoms with van der Waals surface area (Å²) in [5.74, 6) is 0.427. The molecular formula is C22H30O5S. The molecule has 5 nitrogen and oxygen atoms in total. The number of phenols is 1. The monoisotopic (exact) mass is 406 g/mol. The Hall–Kier alpha value is -2.05. The summed E-state index contributed by atoms with van der Waals surface area (Å²) in [5, 5.41) is 10.2. The third-order valence-corrected chi connectivity index (χ3v) is 5.64. The molecule has 2 rings (SSSR count). The predicted molar refractivity (Wildman–Crippen MR) is 111 cm³/mol. The van der Waals surface area contributed by atoms with Crippen molar-refractivity contribution in [2.24, 2.45) is 0 Å². The summed E-state index contributed by atoms with van der Waals surface area (Å²) in [4.78, 5) is -0.421. The van der Waals surface area contributed by atoms with Gasteiger partial charge in [-0.25, -0.2) is 0 Å². The fourth-order valence-electron chi connectivity index (χ4n) is 3.26. The fourth-order valence-corrected chi connectivity index (χ4v) is 4.08. The number of aryl methyl sites for hydroxylation is 1. The van der Waals surface area contributed by atoms with Crippen LogP contribution < -0.4 is 4.74 Å². The van der Waals surface area contributed by atoms with Crippen molar-refractivity contribution in [1.29, 1.82) is 0 Å². The first kappa shape index (κ1) is 22.2. The Labute approximate surface area is 168 Å². The maximum atomic E-state index is 11.7. The van der Waals surface area contributed by atoms with Crippen molar-refractivity contribution in [1.82, 2.24) is 0 Å². The number of aromatic hydroxyl groups is 1. The molecule has 0 aromatic heterocycles. The molecule has 0 radical (unpaired) electrons. The Morgan fingerprint density at radius 2 is 1.46 bits per heavy atom. The van der Waals surface area contributed by atoms with Crippen LogP contribution in [0.3, 0.4) is 0 Å². The zero-order chi connectivity index (χ0) is 20.4. The average molecular weight is 407 g/mol. The summed E-state index contributed by atoms with van der Waals surface area (Å²) in [6, 6.07) is 11.8. The van der Waals surface area contributed by atoms with Crippen LogP contribution in [0.1, 0.15) is 63.9 Å². The van der Waals surface area contributed by atoms with Crippen molar-refractivity contribution in [3.05, 3.63) is 48.0 Å². The zero-order valence-electron chi connectivity index (χ0n) is 16.4. The fraction of sp³-hybridized carbons (Fsp3) is 0.455. The maximum Gasteiger partial charge on any atom is 0.298 e. The van der Waals surface area contributed by atoms with Gasteiger partial charge in [-0.05, 0) is 36.6 Å².